The molecule has 1 N–H and O–H groups in total. The van der Waals surface area contributed by atoms with E-state index in [9.17, 15) is 41.4 Å². The normalized spacial score (nSPS) is 15.4. The monoisotopic (exact) mass is 480 g/mol. The number of aromatic nitrogens is 4. The van der Waals surface area contributed by atoms with Crippen LogP contribution >= 0.6 is 11.6 Å². The molecular formula is C18H14ClF5N4O4. The third-order valence-electron chi connectivity index (χ3n) is 4.72. The Balaban J connectivity index is 2.15. The number of pyridine rings is 1. The highest BCUT2D eigenvalue weighted by Gasteiger charge is 2.38. The second-order valence-corrected chi connectivity index (χ2v) is 7.41. The molecule has 2 aromatic rings. The van der Waals surface area contributed by atoms with Gasteiger partial charge in [0.2, 0.25) is 11.6 Å². The van der Waals surface area contributed by atoms with Gasteiger partial charge in [0.15, 0.2) is 5.78 Å². The molecule has 0 amide bonds. The highest BCUT2D eigenvalue weighted by atomic mass is 35.5. The van der Waals surface area contributed by atoms with E-state index in [2.05, 4.69) is 10.1 Å². The Morgan fingerprint density at radius 2 is 1.84 bits per heavy atom. The summed E-state index contributed by atoms with van der Waals surface area (Å²) in [5.41, 5.74) is -3.93. The summed E-state index contributed by atoms with van der Waals surface area (Å²) in [5, 5.41) is 9.15. The van der Waals surface area contributed by atoms with Crippen LogP contribution in [0.15, 0.2) is 28.3 Å². The van der Waals surface area contributed by atoms with Crippen molar-refractivity contribution in [1.82, 2.24) is 19.3 Å². The van der Waals surface area contributed by atoms with Crippen molar-refractivity contribution in [2.75, 3.05) is 0 Å². The maximum Gasteiger partial charge on any atom is 0.451 e. The maximum absolute atomic E-state index is 13.6. The molecule has 2 aromatic heterocycles. The number of halogens is 6. The second-order valence-electron chi connectivity index (χ2n) is 6.94. The van der Waals surface area contributed by atoms with Gasteiger partial charge in [-0.25, -0.2) is 14.5 Å². The molecule has 0 atom stereocenters. The number of carbonyl (C=O) groups is 2. The van der Waals surface area contributed by atoms with E-state index in [1.165, 1.54) is 0 Å². The van der Waals surface area contributed by atoms with Crippen LogP contribution in [0, 0.1) is 0 Å². The molecule has 0 aliphatic heterocycles. The van der Waals surface area contributed by atoms with Crippen molar-refractivity contribution in [3.05, 3.63) is 56.7 Å². The third-order valence-corrected chi connectivity index (χ3v) is 4.91. The number of aliphatic hydroxyl groups is 1. The van der Waals surface area contributed by atoms with Gasteiger partial charge in [0, 0.05) is 25.5 Å². The molecule has 32 heavy (non-hydrogen) atoms. The number of ketones is 2. The predicted molar refractivity (Wildman–Crippen MR) is 98.4 cm³/mol. The predicted octanol–water partition coefficient (Wildman–Crippen LogP) is 3.08. The van der Waals surface area contributed by atoms with Crippen LogP contribution in [0.2, 0.25) is 0 Å². The van der Waals surface area contributed by atoms with E-state index in [4.69, 9.17) is 11.6 Å². The van der Waals surface area contributed by atoms with Crippen molar-refractivity contribution in [3.63, 3.8) is 0 Å². The average Bonchev–Trinajstić information content (AvgIpc) is 2.95. The van der Waals surface area contributed by atoms with E-state index in [1.807, 2.05) is 0 Å². The SMILES string of the molecule is Cn1c(C(F)(F)F)nn(Cc2nc(C(F)(F)Cl)ccc2C(=O)C2=C(O)CCCC2=O)c1=O. The van der Waals surface area contributed by atoms with Crippen molar-refractivity contribution in [1.29, 1.82) is 0 Å². The van der Waals surface area contributed by atoms with Gasteiger partial charge in [-0.05, 0) is 30.2 Å². The van der Waals surface area contributed by atoms with Crippen molar-refractivity contribution in [3.8, 4) is 0 Å². The minimum absolute atomic E-state index is 0.0298. The Morgan fingerprint density at radius 1 is 1.19 bits per heavy atom. The molecule has 8 nitrogen and oxygen atoms in total. The number of aliphatic hydroxyl groups excluding tert-OH is 1. The van der Waals surface area contributed by atoms with Crippen molar-refractivity contribution >= 4 is 23.2 Å². The van der Waals surface area contributed by atoms with Crippen molar-refractivity contribution in [2.45, 2.75) is 37.4 Å². The summed E-state index contributed by atoms with van der Waals surface area (Å²) in [4.78, 5) is 40.8. The number of nitrogens with zero attached hydrogens (tertiary/aromatic N) is 4. The molecule has 172 valence electrons. The van der Waals surface area contributed by atoms with Crippen molar-refractivity contribution in [2.24, 2.45) is 7.05 Å². The third kappa shape index (κ3) is 4.42. The lowest BCUT2D eigenvalue weighted by molar-refractivity contribution is -0.147. The van der Waals surface area contributed by atoms with Gasteiger partial charge in [0.1, 0.15) is 17.0 Å². The first kappa shape index (κ1) is 23.6. The highest BCUT2D eigenvalue weighted by Crippen LogP contribution is 2.32. The molecule has 0 saturated heterocycles. The minimum atomic E-state index is -4.98. The van der Waals surface area contributed by atoms with Crippen LogP contribution in [0.25, 0.3) is 0 Å². The Labute approximate surface area is 180 Å². The molecule has 2 heterocycles. The van der Waals surface area contributed by atoms with Crippen LogP contribution in [0.3, 0.4) is 0 Å². The van der Waals surface area contributed by atoms with Gasteiger partial charge in [0.25, 0.3) is 0 Å². The van der Waals surface area contributed by atoms with Crippen LogP contribution in [-0.4, -0.2) is 36.0 Å². The molecule has 0 spiro atoms. The number of alkyl halides is 6. The topological polar surface area (TPSA) is 107 Å². The van der Waals surface area contributed by atoms with Crippen LogP contribution in [0.1, 0.15) is 46.8 Å². The first-order chi connectivity index (χ1) is 14.7. The Morgan fingerprint density at radius 3 is 2.38 bits per heavy atom. The molecule has 3 rings (SSSR count). The average molecular weight is 481 g/mol. The first-order valence-corrected chi connectivity index (χ1v) is 9.37. The zero-order chi connectivity index (χ0) is 24.0. The number of rotatable bonds is 5. The van der Waals surface area contributed by atoms with Gasteiger partial charge < -0.3 is 5.11 Å². The Bertz CT molecular complexity index is 1190. The zero-order valence-corrected chi connectivity index (χ0v) is 17.0. The molecule has 0 fully saturated rings. The second kappa shape index (κ2) is 8.11. The fourth-order valence-corrected chi connectivity index (χ4v) is 3.29. The van der Waals surface area contributed by atoms with Crippen LogP contribution in [-0.2, 0) is 29.9 Å². The largest absolute Gasteiger partial charge is 0.511 e. The number of hydrogen-bond acceptors (Lipinski definition) is 6. The number of allylic oxidation sites excluding steroid dienone is 2. The van der Waals surface area contributed by atoms with Gasteiger partial charge >= 0.3 is 17.2 Å². The lowest BCUT2D eigenvalue weighted by atomic mass is 9.90. The molecule has 14 heteroatoms. The summed E-state index contributed by atoms with van der Waals surface area (Å²) in [5.74, 6) is -3.82. The summed E-state index contributed by atoms with van der Waals surface area (Å²) < 4.78 is 66.7. The van der Waals surface area contributed by atoms with Gasteiger partial charge in [-0.15, -0.1) is 5.10 Å². The van der Waals surface area contributed by atoms with E-state index >= 15 is 0 Å². The summed E-state index contributed by atoms with van der Waals surface area (Å²) in [6.07, 6.45) is -4.70. The molecule has 0 bridgehead atoms. The molecule has 0 aromatic carbocycles. The maximum atomic E-state index is 13.6. The number of Topliss-reactive ketones (excluding diaryl/α,β-unsaturated/α-hetero) is 2. The number of hydrogen-bond donors (Lipinski definition) is 1. The van der Waals surface area contributed by atoms with Gasteiger partial charge in [-0.3, -0.25) is 14.2 Å². The fourth-order valence-electron chi connectivity index (χ4n) is 3.19. The zero-order valence-electron chi connectivity index (χ0n) is 16.2. The first-order valence-electron chi connectivity index (χ1n) is 9.00. The van der Waals surface area contributed by atoms with Crippen LogP contribution in [0.5, 0.6) is 0 Å². The van der Waals surface area contributed by atoms with Gasteiger partial charge in [0.05, 0.1) is 12.2 Å². The fraction of sp³-hybridized carbons (Fsp3) is 0.389. The van der Waals surface area contributed by atoms with E-state index in [1.54, 1.807) is 0 Å². The van der Waals surface area contributed by atoms with Gasteiger partial charge in [-0.2, -0.15) is 22.0 Å². The van der Waals surface area contributed by atoms with E-state index in [-0.39, 0.29) is 22.1 Å². The molecule has 0 unspecified atom stereocenters. The van der Waals surface area contributed by atoms with Gasteiger partial charge in [-0.1, -0.05) is 0 Å². The lowest BCUT2D eigenvalue weighted by Gasteiger charge is -2.16. The number of carbonyl (C=O) groups excluding carboxylic acids is 2. The van der Waals surface area contributed by atoms with E-state index < -0.39 is 69.5 Å². The van der Waals surface area contributed by atoms with E-state index in [0.29, 0.717) is 12.5 Å². The molecule has 0 saturated carbocycles. The van der Waals surface area contributed by atoms with Crippen LogP contribution < -0.4 is 5.69 Å². The van der Waals surface area contributed by atoms with Crippen LogP contribution in [0.4, 0.5) is 22.0 Å². The molecule has 0 radical (unpaired) electrons. The summed E-state index contributed by atoms with van der Waals surface area (Å²) >= 11 is 4.96. The molecule has 1 aliphatic carbocycles. The quantitative estimate of drug-likeness (QED) is 0.305. The highest BCUT2D eigenvalue weighted by molar-refractivity contribution is 6.27. The molecular weight excluding hydrogens is 467 g/mol. The van der Waals surface area contributed by atoms with Crippen molar-refractivity contribution < 1.29 is 36.6 Å². The summed E-state index contributed by atoms with van der Waals surface area (Å²) in [6, 6.07) is 1.54. The minimum Gasteiger partial charge on any atom is -0.511 e. The molecule has 1 aliphatic rings. The van der Waals surface area contributed by atoms with E-state index in [0.717, 1.165) is 13.1 Å². The lowest BCUT2D eigenvalue weighted by Crippen LogP contribution is -2.27. The Kier molecular flexibility index (Phi) is 5.98. The summed E-state index contributed by atoms with van der Waals surface area (Å²) in [7, 11) is 0.807. The Hall–Kier alpha value is -3.09. The standard InChI is InChI=1S/C18H14ClF5N4O4/c1-27-15(18(22,23)24)26-28(16(27)32)7-9-8(5-6-12(25-9)17(19,20)21)14(31)13-10(29)3-2-4-11(13)30/h5-6,29H,2-4,7H2,1H3. The summed E-state index contributed by atoms with van der Waals surface area (Å²) in [6.45, 7) is -0.910. The smallest absolute Gasteiger partial charge is 0.451 e.